The van der Waals surface area contributed by atoms with Crippen molar-refractivity contribution in [3.05, 3.63) is 35.4 Å². The minimum absolute atomic E-state index is 0.0228. The Morgan fingerprint density at radius 1 is 1.44 bits per heavy atom. The molecule has 18 heavy (non-hydrogen) atoms. The molecule has 2 rings (SSSR count). The summed E-state index contributed by atoms with van der Waals surface area (Å²) in [5.74, 6) is 0.423. The van der Waals surface area contributed by atoms with E-state index < -0.39 is 6.04 Å². The molecule has 0 aliphatic heterocycles. The third-order valence-electron chi connectivity index (χ3n) is 3.51. The fraction of sp³-hybridized carbons (Fsp3) is 0.533. The van der Waals surface area contributed by atoms with E-state index in [-0.39, 0.29) is 11.9 Å². The Balaban J connectivity index is 1.97. The van der Waals surface area contributed by atoms with E-state index in [4.69, 9.17) is 5.73 Å². The third-order valence-corrected chi connectivity index (χ3v) is 3.51. The molecule has 1 aromatic rings. The zero-order chi connectivity index (χ0) is 13.1. The molecule has 98 valence electrons. The second-order valence-corrected chi connectivity index (χ2v) is 5.53. The molecule has 1 aliphatic carbocycles. The van der Waals surface area contributed by atoms with Gasteiger partial charge in [0.05, 0.1) is 12.1 Å². The topological polar surface area (TPSA) is 55.1 Å². The van der Waals surface area contributed by atoms with E-state index in [0.717, 1.165) is 19.3 Å². The maximum atomic E-state index is 12.0. The van der Waals surface area contributed by atoms with Crippen molar-refractivity contribution >= 4 is 5.91 Å². The summed E-state index contributed by atoms with van der Waals surface area (Å²) in [6.45, 7) is 4.16. The number of carbonyl (C=O) groups excluding carboxylic acids is 1. The number of nitrogens with two attached hydrogens (primary N) is 1. The van der Waals surface area contributed by atoms with Crippen molar-refractivity contribution in [2.24, 2.45) is 11.7 Å². The molecule has 0 spiro atoms. The smallest absolute Gasteiger partial charge is 0.237 e. The van der Waals surface area contributed by atoms with Crippen molar-refractivity contribution < 1.29 is 4.79 Å². The van der Waals surface area contributed by atoms with E-state index in [1.54, 1.807) is 0 Å². The van der Waals surface area contributed by atoms with Crippen molar-refractivity contribution in [1.82, 2.24) is 5.32 Å². The van der Waals surface area contributed by atoms with Gasteiger partial charge in [0.25, 0.3) is 0 Å². The zero-order valence-corrected chi connectivity index (χ0v) is 11.1. The van der Waals surface area contributed by atoms with Crippen LogP contribution < -0.4 is 11.1 Å². The van der Waals surface area contributed by atoms with Gasteiger partial charge in [-0.05, 0) is 36.3 Å². The standard InChI is InChI=1S/C15H22N2O/c1-10(2)9-13(16)15(18)17-14-8-7-11-5-3-4-6-12(11)14/h3-6,10,13-14H,7-9,16H2,1-2H3,(H,17,18)/t13-,14?/m0/s1. The lowest BCUT2D eigenvalue weighted by molar-refractivity contribution is -0.123. The molecular weight excluding hydrogens is 224 g/mol. The molecule has 1 aliphatic rings. The Hall–Kier alpha value is -1.35. The second kappa shape index (κ2) is 5.53. The van der Waals surface area contributed by atoms with Gasteiger partial charge in [-0.15, -0.1) is 0 Å². The van der Waals surface area contributed by atoms with Gasteiger partial charge in [-0.3, -0.25) is 4.79 Å². The van der Waals surface area contributed by atoms with E-state index >= 15 is 0 Å². The fourth-order valence-electron chi connectivity index (χ4n) is 2.60. The highest BCUT2D eigenvalue weighted by molar-refractivity contribution is 5.82. The van der Waals surface area contributed by atoms with E-state index in [0.29, 0.717) is 5.92 Å². The van der Waals surface area contributed by atoms with Crippen LogP contribution in [0.25, 0.3) is 0 Å². The van der Waals surface area contributed by atoms with Gasteiger partial charge in [0.15, 0.2) is 0 Å². The van der Waals surface area contributed by atoms with E-state index in [1.165, 1.54) is 11.1 Å². The van der Waals surface area contributed by atoms with Crippen molar-refractivity contribution in [1.29, 1.82) is 0 Å². The van der Waals surface area contributed by atoms with Crippen LogP contribution in [0, 0.1) is 5.92 Å². The van der Waals surface area contributed by atoms with Crippen molar-refractivity contribution in [3.8, 4) is 0 Å². The number of amides is 1. The molecule has 0 saturated heterocycles. The quantitative estimate of drug-likeness (QED) is 0.855. The van der Waals surface area contributed by atoms with Crippen molar-refractivity contribution in [3.63, 3.8) is 0 Å². The first-order valence-electron chi connectivity index (χ1n) is 6.71. The summed E-state index contributed by atoms with van der Waals surface area (Å²) in [5, 5.41) is 3.08. The van der Waals surface area contributed by atoms with E-state index in [1.807, 2.05) is 12.1 Å². The van der Waals surface area contributed by atoms with Crippen molar-refractivity contribution in [2.45, 2.75) is 45.2 Å². The highest BCUT2D eigenvalue weighted by atomic mass is 16.2. The zero-order valence-electron chi connectivity index (χ0n) is 11.1. The lowest BCUT2D eigenvalue weighted by Gasteiger charge is -2.19. The molecule has 3 N–H and O–H groups in total. The molecule has 3 nitrogen and oxygen atoms in total. The van der Waals surface area contributed by atoms with Crippen LogP contribution in [0.5, 0.6) is 0 Å². The third kappa shape index (κ3) is 2.91. The van der Waals surface area contributed by atoms with Gasteiger partial charge in [0.2, 0.25) is 5.91 Å². The van der Waals surface area contributed by atoms with Crippen LogP contribution in [-0.4, -0.2) is 11.9 Å². The van der Waals surface area contributed by atoms with Gasteiger partial charge >= 0.3 is 0 Å². The number of hydrogen-bond acceptors (Lipinski definition) is 2. The molecule has 0 heterocycles. The molecule has 0 saturated carbocycles. The van der Waals surface area contributed by atoms with Gasteiger partial charge in [-0.1, -0.05) is 38.1 Å². The Morgan fingerprint density at radius 3 is 2.89 bits per heavy atom. The Morgan fingerprint density at radius 2 is 2.17 bits per heavy atom. The van der Waals surface area contributed by atoms with Crippen LogP contribution in [0.1, 0.15) is 43.9 Å². The molecule has 2 atom stereocenters. The van der Waals surface area contributed by atoms with Crippen LogP contribution >= 0.6 is 0 Å². The largest absolute Gasteiger partial charge is 0.348 e. The molecule has 0 aromatic heterocycles. The number of hydrogen-bond donors (Lipinski definition) is 2. The Kier molecular flexibility index (Phi) is 4.02. The molecule has 0 fully saturated rings. The van der Waals surface area contributed by atoms with E-state index in [9.17, 15) is 4.79 Å². The monoisotopic (exact) mass is 246 g/mol. The number of fused-ring (bicyclic) bond motifs is 1. The Bertz CT molecular complexity index is 428. The summed E-state index contributed by atoms with van der Waals surface area (Å²) in [7, 11) is 0. The first kappa shape index (κ1) is 13.1. The highest BCUT2D eigenvalue weighted by Crippen LogP contribution is 2.30. The maximum Gasteiger partial charge on any atom is 0.237 e. The van der Waals surface area contributed by atoms with Gasteiger partial charge < -0.3 is 11.1 Å². The van der Waals surface area contributed by atoms with Crippen LogP contribution in [0.4, 0.5) is 0 Å². The lowest BCUT2D eigenvalue weighted by atomic mass is 10.0. The van der Waals surface area contributed by atoms with E-state index in [2.05, 4.69) is 31.3 Å². The first-order chi connectivity index (χ1) is 8.58. The first-order valence-corrected chi connectivity index (χ1v) is 6.71. The number of aryl methyl sites for hydroxylation is 1. The molecule has 1 aromatic carbocycles. The van der Waals surface area contributed by atoms with Gasteiger partial charge in [0.1, 0.15) is 0 Å². The minimum atomic E-state index is -0.391. The number of nitrogens with one attached hydrogen (secondary N) is 1. The van der Waals surface area contributed by atoms with Crippen LogP contribution in [-0.2, 0) is 11.2 Å². The summed E-state index contributed by atoms with van der Waals surface area (Å²) >= 11 is 0. The molecule has 0 bridgehead atoms. The van der Waals surface area contributed by atoms with Crippen molar-refractivity contribution in [2.75, 3.05) is 0 Å². The van der Waals surface area contributed by atoms with Gasteiger partial charge in [0, 0.05) is 0 Å². The van der Waals surface area contributed by atoms with Crippen LogP contribution in [0.15, 0.2) is 24.3 Å². The molecule has 3 heteroatoms. The molecule has 1 amide bonds. The normalized spacial score (nSPS) is 19.7. The number of rotatable bonds is 4. The minimum Gasteiger partial charge on any atom is -0.348 e. The predicted molar refractivity (Wildman–Crippen MR) is 73.1 cm³/mol. The lowest BCUT2D eigenvalue weighted by Crippen LogP contribution is -2.42. The van der Waals surface area contributed by atoms with Gasteiger partial charge in [-0.25, -0.2) is 0 Å². The highest BCUT2D eigenvalue weighted by Gasteiger charge is 2.25. The average molecular weight is 246 g/mol. The Labute approximate surface area is 109 Å². The second-order valence-electron chi connectivity index (χ2n) is 5.53. The number of benzene rings is 1. The molecule has 1 unspecified atom stereocenters. The summed E-state index contributed by atoms with van der Waals surface area (Å²) < 4.78 is 0. The average Bonchev–Trinajstić information content (AvgIpc) is 2.72. The SMILES string of the molecule is CC(C)C[C@H](N)C(=O)NC1CCc2ccccc21. The molecule has 0 radical (unpaired) electrons. The van der Waals surface area contributed by atoms with Crippen LogP contribution in [0.2, 0.25) is 0 Å². The maximum absolute atomic E-state index is 12.0. The predicted octanol–water partition coefficient (Wildman–Crippen LogP) is 2.16. The summed E-state index contributed by atoms with van der Waals surface area (Å²) in [6, 6.07) is 8.06. The summed E-state index contributed by atoms with van der Waals surface area (Å²) in [5.41, 5.74) is 8.50. The fourth-order valence-corrected chi connectivity index (χ4v) is 2.60. The van der Waals surface area contributed by atoms with Gasteiger partial charge in [-0.2, -0.15) is 0 Å². The molecular formula is C15H22N2O. The summed E-state index contributed by atoms with van der Waals surface area (Å²) in [4.78, 5) is 12.0. The summed E-state index contributed by atoms with van der Waals surface area (Å²) in [6.07, 6.45) is 2.76. The van der Waals surface area contributed by atoms with Crippen LogP contribution in [0.3, 0.4) is 0 Å². The number of carbonyl (C=O) groups is 1.